The normalized spacial score (nSPS) is 57.2. The Bertz CT molecular complexity index is 268. The number of aliphatic hydroxyl groups excluding tert-OH is 1. The maximum Gasteiger partial charge on any atom is 0.310 e. The van der Waals surface area contributed by atoms with E-state index >= 15 is 0 Å². The Balaban J connectivity index is 2.01. The average molecular weight is 294 g/mol. The maximum atomic E-state index is 11.5. The van der Waals surface area contributed by atoms with Crippen LogP contribution in [0.1, 0.15) is 6.42 Å². The predicted molar refractivity (Wildman–Crippen MR) is 53.4 cm³/mol. The van der Waals surface area contributed by atoms with Crippen molar-refractivity contribution in [1.82, 2.24) is 0 Å². The summed E-state index contributed by atoms with van der Waals surface area (Å²) in [6, 6.07) is 0. The highest BCUT2D eigenvalue weighted by Gasteiger charge is 2.65. The van der Waals surface area contributed by atoms with Crippen molar-refractivity contribution in [3.05, 3.63) is 0 Å². The lowest BCUT2D eigenvalue weighted by atomic mass is 9.80. The molecule has 72 valence electrons. The summed E-state index contributed by atoms with van der Waals surface area (Å²) in [7, 11) is 0. The van der Waals surface area contributed by atoms with Crippen LogP contribution in [0.3, 0.4) is 0 Å². The molecule has 1 N–H and O–H groups in total. The van der Waals surface area contributed by atoms with E-state index in [0.717, 1.165) is 6.42 Å². The van der Waals surface area contributed by atoms with Crippen molar-refractivity contribution in [2.24, 2.45) is 23.7 Å². The molecule has 3 fully saturated rings. The Kier molecular flexibility index (Phi) is 1.69. The fourth-order valence-corrected chi connectivity index (χ4v) is 4.87. The van der Waals surface area contributed by atoms with Crippen molar-refractivity contribution in [3.8, 4) is 0 Å². The summed E-state index contributed by atoms with van der Waals surface area (Å²) in [6.45, 7) is 0.146. The van der Waals surface area contributed by atoms with E-state index in [9.17, 15) is 9.90 Å². The second kappa shape index (κ2) is 2.59. The van der Waals surface area contributed by atoms with Crippen LogP contribution in [0.25, 0.3) is 0 Å². The highest BCUT2D eigenvalue weighted by molar-refractivity contribution is 14.1. The van der Waals surface area contributed by atoms with Crippen molar-refractivity contribution >= 4 is 28.6 Å². The van der Waals surface area contributed by atoms with Gasteiger partial charge in [0.25, 0.3) is 0 Å². The molecular weight excluding hydrogens is 283 g/mol. The third-order valence-electron chi connectivity index (χ3n) is 3.90. The number of ether oxygens (including phenoxy) is 1. The summed E-state index contributed by atoms with van der Waals surface area (Å²) in [6.07, 6.45) is 1.24. The highest BCUT2D eigenvalue weighted by atomic mass is 127. The van der Waals surface area contributed by atoms with E-state index < -0.39 is 0 Å². The standard InChI is InChI=1S/C9H11IO3/c10-7-3-1-4-6(5(3)2-11)9(12)13-8(4)7/h3-8,11H,1-2H2. The summed E-state index contributed by atoms with van der Waals surface area (Å²) < 4.78 is 5.76. The number of esters is 1. The smallest absolute Gasteiger partial charge is 0.310 e. The molecule has 1 saturated heterocycles. The zero-order valence-electron chi connectivity index (χ0n) is 7.02. The van der Waals surface area contributed by atoms with Gasteiger partial charge in [0, 0.05) is 12.5 Å². The van der Waals surface area contributed by atoms with E-state index in [-0.39, 0.29) is 30.5 Å². The molecule has 3 rings (SSSR count). The van der Waals surface area contributed by atoms with Crippen LogP contribution in [-0.2, 0) is 9.53 Å². The van der Waals surface area contributed by atoms with Crippen molar-refractivity contribution < 1.29 is 14.6 Å². The van der Waals surface area contributed by atoms with Crippen LogP contribution < -0.4 is 0 Å². The molecule has 4 heteroatoms. The quantitative estimate of drug-likeness (QED) is 0.437. The van der Waals surface area contributed by atoms with E-state index in [1.807, 2.05) is 0 Å². The first kappa shape index (κ1) is 8.47. The van der Waals surface area contributed by atoms with Gasteiger partial charge in [-0.05, 0) is 18.3 Å². The van der Waals surface area contributed by atoms with Gasteiger partial charge in [-0.25, -0.2) is 0 Å². The number of hydrogen-bond donors (Lipinski definition) is 1. The summed E-state index contributed by atoms with van der Waals surface area (Å²) in [5.41, 5.74) is 0. The Labute approximate surface area is 90.0 Å². The molecule has 3 nitrogen and oxygen atoms in total. The number of carbonyl (C=O) groups is 1. The van der Waals surface area contributed by atoms with Crippen LogP contribution in [0.4, 0.5) is 0 Å². The molecular formula is C9H11IO3. The highest BCUT2D eigenvalue weighted by Crippen LogP contribution is 2.59. The summed E-state index contributed by atoms with van der Waals surface area (Å²) in [5.74, 6) is 1.06. The fourth-order valence-electron chi connectivity index (χ4n) is 3.37. The first-order valence-corrected chi connectivity index (χ1v) is 5.94. The number of fused-ring (bicyclic) bond motifs is 1. The average Bonchev–Trinajstić information content (AvgIpc) is 2.68. The monoisotopic (exact) mass is 294 g/mol. The molecule has 13 heavy (non-hydrogen) atoms. The molecule has 1 aliphatic heterocycles. The maximum absolute atomic E-state index is 11.5. The number of halogens is 1. The van der Waals surface area contributed by atoms with E-state index in [4.69, 9.17) is 4.74 Å². The fraction of sp³-hybridized carbons (Fsp3) is 0.889. The second-order valence-corrected chi connectivity index (χ2v) is 5.72. The van der Waals surface area contributed by atoms with Gasteiger partial charge in [0.1, 0.15) is 6.10 Å². The van der Waals surface area contributed by atoms with Crippen molar-refractivity contribution in [2.45, 2.75) is 16.4 Å². The van der Waals surface area contributed by atoms with Gasteiger partial charge >= 0.3 is 5.97 Å². The largest absolute Gasteiger partial charge is 0.461 e. The number of aliphatic hydroxyl groups is 1. The van der Waals surface area contributed by atoms with Crippen LogP contribution in [0.5, 0.6) is 0 Å². The zero-order chi connectivity index (χ0) is 9.16. The van der Waals surface area contributed by atoms with Crippen molar-refractivity contribution in [1.29, 1.82) is 0 Å². The topological polar surface area (TPSA) is 46.5 Å². The van der Waals surface area contributed by atoms with Crippen molar-refractivity contribution in [2.75, 3.05) is 6.61 Å². The van der Waals surface area contributed by atoms with Gasteiger partial charge in [0.05, 0.1) is 9.84 Å². The van der Waals surface area contributed by atoms with Gasteiger partial charge < -0.3 is 9.84 Å². The lowest BCUT2D eigenvalue weighted by molar-refractivity contribution is -0.144. The second-order valence-electron chi connectivity index (χ2n) is 4.28. The molecule has 0 radical (unpaired) electrons. The van der Waals surface area contributed by atoms with Crippen molar-refractivity contribution in [3.63, 3.8) is 0 Å². The van der Waals surface area contributed by atoms with Crippen LogP contribution in [-0.4, -0.2) is 27.7 Å². The molecule has 0 aromatic rings. The Morgan fingerprint density at radius 2 is 2.31 bits per heavy atom. The Morgan fingerprint density at radius 1 is 1.54 bits per heavy atom. The Morgan fingerprint density at radius 3 is 3.00 bits per heavy atom. The molecule has 0 spiro atoms. The van der Waals surface area contributed by atoms with Gasteiger partial charge in [-0.1, -0.05) is 22.6 Å². The molecule has 6 atom stereocenters. The third kappa shape index (κ3) is 0.862. The number of alkyl halides is 1. The van der Waals surface area contributed by atoms with E-state index in [0.29, 0.717) is 15.8 Å². The van der Waals surface area contributed by atoms with Gasteiger partial charge in [-0.3, -0.25) is 4.79 Å². The summed E-state index contributed by atoms with van der Waals surface area (Å²) in [5, 5.41) is 9.23. The zero-order valence-corrected chi connectivity index (χ0v) is 9.18. The number of hydrogen-bond acceptors (Lipinski definition) is 3. The molecule has 6 unspecified atom stereocenters. The minimum atomic E-state index is -0.0595. The molecule has 0 aromatic heterocycles. The molecule has 1 heterocycles. The molecule has 2 bridgehead atoms. The lowest BCUT2D eigenvalue weighted by Crippen LogP contribution is -2.35. The van der Waals surface area contributed by atoms with Crippen LogP contribution in [0.2, 0.25) is 0 Å². The Hall–Kier alpha value is 0.160. The van der Waals surface area contributed by atoms with Gasteiger partial charge in [-0.2, -0.15) is 0 Å². The SMILES string of the molecule is O=C1OC2C(I)C3CC2C1C3CO. The molecule has 0 aromatic carbocycles. The van der Waals surface area contributed by atoms with E-state index in [1.165, 1.54) is 0 Å². The molecule has 3 aliphatic rings. The first-order valence-electron chi connectivity index (χ1n) is 4.69. The van der Waals surface area contributed by atoms with Gasteiger partial charge in [0.15, 0.2) is 0 Å². The summed E-state index contributed by atoms with van der Waals surface area (Å²) >= 11 is 2.37. The molecule has 0 amide bonds. The summed E-state index contributed by atoms with van der Waals surface area (Å²) in [4.78, 5) is 11.5. The minimum absolute atomic E-state index is 0.0195. The lowest BCUT2D eigenvalue weighted by Gasteiger charge is -2.26. The van der Waals surface area contributed by atoms with Gasteiger partial charge in [0.2, 0.25) is 0 Å². The molecule has 2 saturated carbocycles. The van der Waals surface area contributed by atoms with Gasteiger partial charge in [-0.15, -0.1) is 0 Å². The predicted octanol–water partition coefficient (Wildman–Crippen LogP) is 0.590. The van der Waals surface area contributed by atoms with Crippen LogP contribution in [0, 0.1) is 23.7 Å². The number of rotatable bonds is 1. The first-order chi connectivity index (χ1) is 6.24. The molecule has 2 aliphatic carbocycles. The van der Waals surface area contributed by atoms with Crippen LogP contribution >= 0.6 is 22.6 Å². The number of carbonyl (C=O) groups excluding carboxylic acids is 1. The van der Waals surface area contributed by atoms with Crippen LogP contribution in [0.15, 0.2) is 0 Å². The van der Waals surface area contributed by atoms with E-state index in [1.54, 1.807) is 0 Å². The van der Waals surface area contributed by atoms with E-state index in [2.05, 4.69) is 22.6 Å². The minimum Gasteiger partial charge on any atom is -0.461 e. The third-order valence-corrected chi connectivity index (χ3v) is 5.53.